The number of ether oxygens (including phenoxy) is 2. The van der Waals surface area contributed by atoms with Gasteiger partial charge in [0.25, 0.3) is 0 Å². The monoisotopic (exact) mass is 389 g/mol. The Hall–Kier alpha value is 0.270. The molecule has 3 N–H and O–H groups in total. The van der Waals surface area contributed by atoms with Crippen LogP contribution in [-0.4, -0.2) is 57.0 Å². The van der Waals surface area contributed by atoms with Crippen LogP contribution in [0.2, 0.25) is 0 Å². The van der Waals surface area contributed by atoms with Crippen LogP contribution in [-0.2, 0) is 9.47 Å². The van der Waals surface area contributed by atoms with Crippen molar-refractivity contribution in [1.29, 1.82) is 0 Å². The largest absolute Gasteiger partial charge is 0.383 e. The predicted octanol–water partition coefficient (Wildman–Crippen LogP) is 1.07. The second-order valence-electron chi connectivity index (χ2n) is 4.12. The van der Waals surface area contributed by atoms with E-state index < -0.39 is 0 Å². The number of methoxy groups -OCH3 is 1. The molecule has 108 valence electrons. The van der Waals surface area contributed by atoms with E-state index >= 15 is 0 Å². The third-order valence-corrected chi connectivity index (χ3v) is 4.39. The van der Waals surface area contributed by atoms with Gasteiger partial charge in [-0.2, -0.15) is 11.8 Å². The summed E-state index contributed by atoms with van der Waals surface area (Å²) < 4.78 is 10.5. The van der Waals surface area contributed by atoms with Crippen molar-refractivity contribution >= 4 is 41.7 Å². The fraction of sp³-hybridized carbons (Fsp3) is 0.909. The molecule has 1 rings (SSSR count). The summed E-state index contributed by atoms with van der Waals surface area (Å²) in [6, 6.07) is 0. The molecule has 0 aliphatic carbocycles. The van der Waals surface area contributed by atoms with E-state index in [0.717, 1.165) is 32.6 Å². The summed E-state index contributed by atoms with van der Waals surface area (Å²) in [6.45, 7) is 3.74. The van der Waals surface area contributed by atoms with Gasteiger partial charge in [-0.3, -0.25) is 4.99 Å². The van der Waals surface area contributed by atoms with E-state index in [4.69, 9.17) is 15.2 Å². The van der Waals surface area contributed by atoms with Gasteiger partial charge in [0.1, 0.15) is 0 Å². The molecule has 0 aromatic rings. The number of hydrogen-bond acceptors (Lipinski definition) is 4. The van der Waals surface area contributed by atoms with E-state index in [0.29, 0.717) is 19.1 Å². The van der Waals surface area contributed by atoms with Gasteiger partial charge in [-0.15, -0.1) is 24.0 Å². The minimum atomic E-state index is 0. The van der Waals surface area contributed by atoms with Crippen molar-refractivity contribution < 1.29 is 9.47 Å². The predicted molar refractivity (Wildman–Crippen MR) is 88.1 cm³/mol. The first-order valence-corrected chi connectivity index (χ1v) is 7.10. The molecular weight excluding hydrogens is 365 g/mol. The van der Waals surface area contributed by atoms with Crippen LogP contribution in [0.25, 0.3) is 0 Å². The Morgan fingerprint density at radius 3 is 2.72 bits per heavy atom. The maximum absolute atomic E-state index is 5.79. The van der Waals surface area contributed by atoms with Gasteiger partial charge in [-0.25, -0.2) is 0 Å². The number of nitrogens with two attached hydrogens (primary N) is 1. The highest BCUT2D eigenvalue weighted by Gasteiger charge is 2.31. The van der Waals surface area contributed by atoms with Crippen LogP contribution in [0.5, 0.6) is 0 Å². The lowest BCUT2D eigenvalue weighted by molar-refractivity contribution is 0.0794. The third kappa shape index (κ3) is 6.44. The number of rotatable bonds is 6. The van der Waals surface area contributed by atoms with Gasteiger partial charge in [0.2, 0.25) is 0 Å². The zero-order valence-corrected chi connectivity index (χ0v) is 14.3. The van der Waals surface area contributed by atoms with Gasteiger partial charge in [-0.05, 0) is 19.1 Å². The van der Waals surface area contributed by atoms with Gasteiger partial charge in [0, 0.05) is 31.6 Å². The molecule has 0 unspecified atom stereocenters. The van der Waals surface area contributed by atoms with Crippen LogP contribution >= 0.6 is 35.7 Å². The zero-order chi connectivity index (χ0) is 12.6. The minimum absolute atomic E-state index is 0. The van der Waals surface area contributed by atoms with Crippen molar-refractivity contribution in [2.45, 2.75) is 17.6 Å². The van der Waals surface area contributed by atoms with Crippen molar-refractivity contribution in [3.63, 3.8) is 0 Å². The van der Waals surface area contributed by atoms with Crippen molar-refractivity contribution in [2.24, 2.45) is 10.7 Å². The first kappa shape index (κ1) is 18.3. The highest BCUT2D eigenvalue weighted by Crippen LogP contribution is 2.33. The fourth-order valence-electron chi connectivity index (χ4n) is 1.74. The number of nitrogens with one attached hydrogen (secondary N) is 1. The second kappa shape index (κ2) is 10.1. The summed E-state index contributed by atoms with van der Waals surface area (Å²) in [5.41, 5.74) is 5.79. The molecule has 0 atom stereocenters. The third-order valence-electron chi connectivity index (χ3n) is 2.99. The number of nitrogens with zero attached hydrogens (tertiary/aromatic N) is 1. The maximum Gasteiger partial charge on any atom is 0.188 e. The van der Waals surface area contributed by atoms with Gasteiger partial charge in [0.15, 0.2) is 5.96 Å². The summed E-state index contributed by atoms with van der Waals surface area (Å²) in [5.74, 6) is 0.502. The molecule has 0 aromatic heterocycles. The molecule has 1 saturated heterocycles. The molecule has 1 heterocycles. The Morgan fingerprint density at radius 2 is 2.17 bits per heavy atom. The van der Waals surface area contributed by atoms with E-state index in [9.17, 15) is 0 Å². The molecule has 1 aliphatic rings. The highest BCUT2D eigenvalue weighted by molar-refractivity contribution is 14.0. The number of guanidine groups is 1. The first-order chi connectivity index (χ1) is 8.22. The van der Waals surface area contributed by atoms with E-state index in [2.05, 4.69) is 16.6 Å². The standard InChI is InChI=1S/C11H23N3O2S.HI/c1-15-8-5-13-10(12)14-9-11(17-2)3-6-16-7-4-11;/h3-9H2,1-2H3,(H3,12,13,14);1H. The van der Waals surface area contributed by atoms with Crippen molar-refractivity contribution in [3.05, 3.63) is 0 Å². The average molecular weight is 389 g/mol. The van der Waals surface area contributed by atoms with Crippen LogP contribution in [0.15, 0.2) is 4.99 Å². The molecule has 0 amide bonds. The fourth-order valence-corrected chi connectivity index (χ4v) is 2.51. The lowest BCUT2D eigenvalue weighted by Crippen LogP contribution is -2.39. The van der Waals surface area contributed by atoms with Crippen molar-refractivity contribution in [1.82, 2.24) is 5.32 Å². The highest BCUT2D eigenvalue weighted by atomic mass is 127. The van der Waals surface area contributed by atoms with Crippen molar-refractivity contribution in [2.75, 3.05) is 46.3 Å². The molecule has 0 radical (unpaired) electrons. The number of thioether (sulfide) groups is 1. The minimum Gasteiger partial charge on any atom is -0.383 e. The van der Waals surface area contributed by atoms with Crippen LogP contribution in [0.1, 0.15) is 12.8 Å². The summed E-state index contributed by atoms with van der Waals surface area (Å²) in [5, 5.41) is 3.03. The summed E-state index contributed by atoms with van der Waals surface area (Å²) in [6.07, 6.45) is 4.22. The second-order valence-corrected chi connectivity index (χ2v) is 5.39. The molecule has 0 spiro atoms. The molecule has 1 fully saturated rings. The Bertz CT molecular complexity index is 248. The molecule has 0 saturated carbocycles. The van der Waals surface area contributed by atoms with E-state index in [1.165, 1.54) is 0 Å². The van der Waals surface area contributed by atoms with Gasteiger partial charge in [0.05, 0.1) is 13.2 Å². The first-order valence-electron chi connectivity index (χ1n) is 5.88. The summed E-state index contributed by atoms with van der Waals surface area (Å²) >= 11 is 1.87. The van der Waals surface area contributed by atoms with Gasteiger partial charge in [-0.1, -0.05) is 0 Å². The van der Waals surface area contributed by atoms with Crippen molar-refractivity contribution in [3.8, 4) is 0 Å². The topological polar surface area (TPSA) is 68.9 Å². The number of halogens is 1. The Kier molecular flexibility index (Phi) is 10.3. The number of hydrogen-bond donors (Lipinski definition) is 2. The molecule has 1 aliphatic heterocycles. The van der Waals surface area contributed by atoms with E-state index in [-0.39, 0.29) is 28.7 Å². The molecule has 18 heavy (non-hydrogen) atoms. The lowest BCUT2D eigenvalue weighted by atomic mass is 9.99. The Labute approximate surface area is 131 Å². The van der Waals surface area contributed by atoms with Crippen LogP contribution < -0.4 is 11.1 Å². The van der Waals surface area contributed by atoms with Crippen LogP contribution in [0, 0.1) is 0 Å². The van der Waals surface area contributed by atoms with Crippen LogP contribution in [0.3, 0.4) is 0 Å². The number of aliphatic imine (C=N–C) groups is 1. The maximum atomic E-state index is 5.79. The summed E-state index contributed by atoms with van der Waals surface area (Å²) in [7, 11) is 1.67. The van der Waals surface area contributed by atoms with E-state index in [1.807, 2.05) is 11.8 Å². The summed E-state index contributed by atoms with van der Waals surface area (Å²) in [4.78, 5) is 4.41. The smallest absolute Gasteiger partial charge is 0.188 e. The molecule has 5 nitrogen and oxygen atoms in total. The normalized spacial score (nSPS) is 19.1. The molecule has 7 heteroatoms. The van der Waals surface area contributed by atoms with Gasteiger partial charge >= 0.3 is 0 Å². The van der Waals surface area contributed by atoms with Crippen LogP contribution in [0.4, 0.5) is 0 Å². The SMILES string of the molecule is COCCNC(N)=NCC1(SC)CCOCC1.I. The lowest BCUT2D eigenvalue weighted by Gasteiger charge is -2.34. The Morgan fingerprint density at radius 1 is 1.50 bits per heavy atom. The molecular formula is C11H24IN3O2S. The zero-order valence-electron chi connectivity index (χ0n) is 11.1. The average Bonchev–Trinajstić information content (AvgIpc) is 2.38. The molecule has 0 bridgehead atoms. The van der Waals surface area contributed by atoms with Gasteiger partial charge < -0.3 is 20.5 Å². The van der Waals surface area contributed by atoms with E-state index in [1.54, 1.807) is 7.11 Å². The quantitative estimate of drug-likeness (QED) is 0.308. The Balaban J connectivity index is 0.00000289. The molecule has 0 aromatic carbocycles.